The van der Waals surface area contributed by atoms with Gasteiger partial charge in [0.1, 0.15) is 0 Å². The van der Waals surface area contributed by atoms with E-state index in [1.165, 1.54) is 45.6 Å². The van der Waals surface area contributed by atoms with Crippen molar-refractivity contribution in [2.24, 2.45) is 5.92 Å². The van der Waals surface area contributed by atoms with Crippen molar-refractivity contribution in [3.8, 4) is 0 Å². The first-order valence-electron chi connectivity index (χ1n) is 9.35. The molecule has 5 nitrogen and oxygen atoms in total. The fourth-order valence-corrected chi connectivity index (χ4v) is 3.46. The average Bonchev–Trinajstić information content (AvgIpc) is 2.54. The first-order valence-corrected chi connectivity index (χ1v) is 9.35. The highest BCUT2D eigenvalue weighted by molar-refractivity contribution is 5.76. The van der Waals surface area contributed by atoms with Gasteiger partial charge in [0.25, 0.3) is 0 Å². The molecule has 0 aliphatic carbocycles. The molecule has 0 unspecified atom stereocenters. The second kappa shape index (κ2) is 9.60. The summed E-state index contributed by atoms with van der Waals surface area (Å²) in [6.07, 6.45) is 4.07. The molecule has 5 heteroatoms. The van der Waals surface area contributed by atoms with E-state index >= 15 is 0 Å². The van der Waals surface area contributed by atoms with E-state index in [0.29, 0.717) is 18.9 Å². The number of ether oxygens (including phenoxy) is 1. The van der Waals surface area contributed by atoms with Crippen LogP contribution in [0.25, 0.3) is 0 Å². The second-order valence-electron chi connectivity index (χ2n) is 7.45. The van der Waals surface area contributed by atoms with Crippen LogP contribution < -0.4 is 0 Å². The topological polar surface area (TPSA) is 36.0 Å². The summed E-state index contributed by atoms with van der Waals surface area (Å²) in [5, 5.41) is 0. The van der Waals surface area contributed by atoms with Crippen LogP contribution in [0.5, 0.6) is 0 Å². The Morgan fingerprint density at radius 3 is 2.35 bits per heavy atom. The van der Waals surface area contributed by atoms with Crippen LogP contribution in [0.4, 0.5) is 0 Å². The first kappa shape index (κ1) is 18.7. The van der Waals surface area contributed by atoms with Gasteiger partial charge in [-0.2, -0.15) is 0 Å². The molecular weight excluding hydrogens is 290 g/mol. The Hall–Kier alpha value is -0.650. The molecular formula is C18H35N3O2. The van der Waals surface area contributed by atoms with Crippen molar-refractivity contribution in [1.82, 2.24) is 14.7 Å². The van der Waals surface area contributed by atoms with E-state index in [2.05, 4.69) is 21.7 Å². The number of carbonyl (C=O) groups is 1. The molecule has 23 heavy (non-hydrogen) atoms. The predicted molar refractivity (Wildman–Crippen MR) is 93.6 cm³/mol. The maximum atomic E-state index is 12.2. The normalized spacial score (nSPS) is 22.0. The van der Waals surface area contributed by atoms with Crippen LogP contribution in [0.15, 0.2) is 0 Å². The van der Waals surface area contributed by atoms with E-state index in [9.17, 15) is 4.79 Å². The van der Waals surface area contributed by atoms with Crippen molar-refractivity contribution in [1.29, 1.82) is 0 Å². The molecule has 0 aromatic heterocycles. The van der Waals surface area contributed by atoms with Crippen LogP contribution >= 0.6 is 0 Å². The lowest BCUT2D eigenvalue weighted by Crippen LogP contribution is -2.48. The molecule has 2 saturated heterocycles. The average molecular weight is 325 g/mol. The van der Waals surface area contributed by atoms with E-state index in [1.807, 2.05) is 13.8 Å². The first-order chi connectivity index (χ1) is 11.0. The summed E-state index contributed by atoms with van der Waals surface area (Å²) < 4.78 is 5.51. The van der Waals surface area contributed by atoms with E-state index in [4.69, 9.17) is 4.74 Å². The Bertz CT molecular complexity index is 346. The van der Waals surface area contributed by atoms with Gasteiger partial charge in [0.15, 0.2) is 0 Å². The lowest BCUT2D eigenvalue weighted by Gasteiger charge is -2.38. The molecule has 2 rings (SSSR count). The lowest BCUT2D eigenvalue weighted by molar-refractivity contribution is -0.133. The lowest BCUT2D eigenvalue weighted by atomic mass is 9.95. The monoisotopic (exact) mass is 325 g/mol. The maximum absolute atomic E-state index is 12.2. The molecule has 0 radical (unpaired) electrons. The largest absolute Gasteiger partial charge is 0.379 e. The van der Waals surface area contributed by atoms with Gasteiger partial charge in [0.05, 0.1) is 6.10 Å². The number of nitrogens with zero attached hydrogens (tertiary/aromatic N) is 3. The Labute approximate surface area is 141 Å². The van der Waals surface area contributed by atoms with Crippen LogP contribution in [0.1, 0.15) is 39.5 Å². The third kappa shape index (κ3) is 6.77. The SMILES string of the molecule is CC(C)OCCCC(=O)N1CCC(CN2CCN(C)CC2)CC1. The summed E-state index contributed by atoms with van der Waals surface area (Å²) in [7, 11) is 2.20. The van der Waals surface area contributed by atoms with E-state index in [-0.39, 0.29) is 6.10 Å². The Balaban J connectivity index is 1.58. The standard InChI is InChI=1S/C18H35N3O2/c1-16(2)23-14-4-5-18(22)21-8-6-17(7-9-21)15-20-12-10-19(3)11-13-20/h16-17H,4-15H2,1-3H3. The van der Waals surface area contributed by atoms with Gasteiger partial charge in [-0.3, -0.25) is 4.79 Å². The molecule has 0 spiro atoms. The van der Waals surface area contributed by atoms with Crippen molar-refractivity contribution in [2.75, 3.05) is 59.5 Å². The highest BCUT2D eigenvalue weighted by Crippen LogP contribution is 2.20. The molecule has 0 N–H and O–H groups in total. The van der Waals surface area contributed by atoms with Crippen LogP contribution in [-0.4, -0.2) is 86.2 Å². The summed E-state index contributed by atoms with van der Waals surface area (Å²) in [5.74, 6) is 1.09. The summed E-state index contributed by atoms with van der Waals surface area (Å²) in [4.78, 5) is 19.3. The molecule has 0 saturated carbocycles. The molecule has 0 aromatic rings. The number of amides is 1. The van der Waals surface area contributed by atoms with E-state index in [1.54, 1.807) is 0 Å². The molecule has 2 fully saturated rings. The fourth-order valence-electron chi connectivity index (χ4n) is 3.46. The van der Waals surface area contributed by atoms with Gasteiger partial charge >= 0.3 is 0 Å². The Morgan fingerprint density at radius 1 is 1.09 bits per heavy atom. The molecule has 2 aliphatic heterocycles. The number of piperazine rings is 1. The molecule has 0 atom stereocenters. The number of carbonyl (C=O) groups excluding carboxylic acids is 1. The molecule has 0 aromatic carbocycles. The number of piperidine rings is 1. The van der Waals surface area contributed by atoms with Gasteiger partial charge in [0.2, 0.25) is 5.91 Å². The zero-order valence-electron chi connectivity index (χ0n) is 15.3. The zero-order chi connectivity index (χ0) is 16.7. The maximum Gasteiger partial charge on any atom is 0.222 e. The summed E-state index contributed by atoms with van der Waals surface area (Å²) in [5.41, 5.74) is 0. The van der Waals surface area contributed by atoms with Crippen LogP contribution in [0.2, 0.25) is 0 Å². The minimum absolute atomic E-state index is 0.260. The number of likely N-dealkylation sites (N-methyl/N-ethyl adjacent to an activating group) is 1. The summed E-state index contributed by atoms with van der Waals surface area (Å²) in [6, 6.07) is 0. The molecule has 1 amide bonds. The quantitative estimate of drug-likeness (QED) is 0.667. The van der Waals surface area contributed by atoms with Crippen molar-refractivity contribution in [2.45, 2.75) is 45.6 Å². The van der Waals surface area contributed by atoms with Gasteiger partial charge in [-0.25, -0.2) is 0 Å². The number of rotatable bonds is 7. The highest BCUT2D eigenvalue weighted by Gasteiger charge is 2.25. The minimum Gasteiger partial charge on any atom is -0.379 e. The number of hydrogen-bond donors (Lipinski definition) is 0. The van der Waals surface area contributed by atoms with Crippen molar-refractivity contribution in [3.63, 3.8) is 0 Å². The van der Waals surface area contributed by atoms with Gasteiger partial charge < -0.3 is 19.4 Å². The minimum atomic E-state index is 0.260. The molecule has 2 aliphatic rings. The summed E-state index contributed by atoms with van der Waals surface area (Å²) >= 11 is 0. The Kier molecular flexibility index (Phi) is 7.80. The van der Waals surface area contributed by atoms with Crippen molar-refractivity contribution < 1.29 is 9.53 Å². The number of hydrogen-bond acceptors (Lipinski definition) is 4. The smallest absolute Gasteiger partial charge is 0.222 e. The van der Waals surface area contributed by atoms with E-state index in [0.717, 1.165) is 25.4 Å². The second-order valence-corrected chi connectivity index (χ2v) is 7.45. The van der Waals surface area contributed by atoms with Crippen LogP contribution in [0.3, 0.4) is 0 Å². The van der Waals surface area contributed by atoms with Crippen molar-refractivity contribution >= 4 is 5.91 Å². The van der Waals surface area contributed by atoms with Crippen LogP contribution in [-0.2, 0) is 9.53 Å². The van der Waals surface area contributed by atoms with Crippen molar-refractivity contribution in [3.05, 3.63) is 0 Å². The Morgan fingerprint density at radius 2 is 1.74 bits per heavy atom. The zero-order valence-corrected chi connectivity index (χ0v) is 15.3. The molecule has 2 heterocycles. The van der Waals surface area contributed by atoms with Gasteiger partial charge in [0, 0.05) is 58.8 Å². The van der Waals surface area contributed by atoms with Gasteiger partial charge in [-0.1, -0.05) is 0 Å². The van der Waals surface area contributed by atoms with Crippen LogP contribution in [0, 0.1) is 5.92 Å². The van der Waals surface area contributed by atoms with Gasteiger partial charge in [-0.05, 0) is 46.1 Å². The van der Waals surface area contributed by atoms with Gasteiger partial charge in [-0.15, -0.1) is 0 Å². The third-order valence-corrected chi connectivity index (χ3v) is 5.07. The fraction of sp³-hybridized carbons (Fsp3) is 0.944. The molecule has 0 bridgehead atoms. The number of likely N-dealkylation sites (tertiary alicyclic amines) is 1. The third-order valence-electron chi connectivity index (χ3n) is 5.07. The highest BCUT2D eigenvalue weighted by atomic mass is 16.5. The summed E-state index contributed by atoms with van der Waals surface area (Å²) in [6.45, 7) is 12.7. The molecule has 134 valence electrons. The van der Waals surface area contributed by atoms with E-state index < -0.39 is 0 Å². The predicted octanol–water partition coefficient (Wildman–Crippen LogP) is 1.68.